The van der Waals surface area contributed by atoms with E-state index in [0.29, 0.717) is 12.0 Å². The molecule has 2 heterocycles. The molecule has 1 aliphatic rings. The number of hydrogen-bond acceptors (Lipinski definition) is 6. The maximum atomic E-state index is 14.3. The Morgan fingerprint density at radius 3 is 2.59 bits per heavy atom. The number of aromatic nitrogens is 2. The lowest BCUT2D eigenvalue weighted by molar-refractivity contribution is 0.0529. The predicted octanol–water partition coefficient (Wildman–Crippen LogP) is 4.04. The van der Waals surface area contributed by atoms with Gasteiger partial charge in [0.2, 0.25) is 5.95 Å². The van der Waals surface area contributed by atoms with Crippen LogP contribution >= 0.6 is 0 Å². The Morgan fingerprint density at radius 2 is 1.96 bits per heavy atom. The molecule has 2 N–H and O–H groups in total. The molecule has 0 spiro atoms. The van der Waals surface area contributed by atoms with Crippen LogP contribution in [0.15, 0.2) is 30.5 Å². The SMILES string of the molecule is COc1ccc(Nc2ncc(F)c(NC3CC(C)N(C)C(C)(C)C3)n2)cc1. The monoisotopic (exact) mass is 373 g/mol. The largest absolute Gasteiger partial charge is 0.497 e. The fraction of sp³-hybridized carbons (Fsp3) is 0.500. The highest BCUT2D eigenvalue weighted by Gasteiger charge is 2.36. The number of benzene rings is 1. The second-order valence-corrected chi connectivity index (χ2v) is 7.80. The van der Waals surface area contributed by atoms with Crippen LogP contribution in [0.3, 0.4) is 0 Å². The fourth-order valence-electron chi connectivity index (χ4n) is 3.63. The van der Waals surface area contributed by atoms with E-state index in [2.05, 4.69) is 53.3 Å². The lowest BCUT2D eigenvalue weighted by Crippen LogP contribution is -2.55. The molecule has 0 saturated carbocycles. The first kappa shape index (κ1) is 19.4. The van der Waals surface area contributed by atoms with E-state index >= 15 is 0 Å². The number of rotatable bonds is 5. The third-order valence-corrected chi connectivity index (χ3v) is 5.42. The molecule has 0 bridgehead atoms. The molecule has 1 saturated heterocycles. The van der Waals surface area contributed by atoms with Gasteiger partial charge < -0.3 is 15.4 Å². The lowest BCUT2D eigenvalue weighted by Gasteiger charge is -2.48. The van der Waals surface area contributed by atoms with Gasteiger partial charge in [-0.2, -0.15) is 4.98 Å². The van der Waals surface area contributed by atoms with Gasteiger partial charge in [-0.05, 0) is 64.9 Å². The topological polar surface area (TPSA) is 62.3 Å². The second kappa shape index (κ2) is 7.68. The van der Waals surface area contributed by atoms with Gasteiger partial charge in [-0.1, -0.05) is 0 Å². The summed E-state index contributed by atoms with van der Waals surface area (Å²) in [4.78, 5) is 10.8. The first-order valence-corrected chi connectivity index (χ1v) is 9.21. The summed E-state index contributed by atoms with van der Waals surface area (Å²) in [5, 5.41) is 6.39. The van der Waals surface area contributed by atoms with Gasteiger partial charge in [-0.15, -0.1) is 0 Å². The molecular weight excluding hydrogens is 345 g/mol. The minimum atomic E-state index is -0.445. The van der Waals surface area contributed by atoms with Crippen LogP contribution < -0.4 is 15.4 Å². The van der Waals surface area contributed by atoms with E-state index in [0.717, 1.165) is 24.3 Å². The van der Waals surface area contributed by atoms with Crippen LogP contribution in [0.2, 0.25) is 0 Å². The van der Waals surface area contributed by atoms with E-state index in [4.69, 9.17) is 4.74 Å². The highest BCUT2D eigenvalue weighted by atomic mass is 19.1. The molecule has 1 aromatic heterocycles. The van der Waals surface area contributed by atoms with Gasteiger partial charge in [0, 0.05) is 23.3 Å². The Hall–Kier alpha value is -2.41. The van der Waals surface area contributed by atoms with Gasteiger partial charge in [0.05, 0.1) is 13.3 Å². The summed E-state index contributed by atoms with van der Waals surface area (Å²) < 4.78 is 19.4. The van der Waals surface area contributed by atoms with E-state index in [1.807, 2.05) is 24.3 Å². The highest BCUT2D eigenvalue weighted by Crippen LogP contribution is 2.32. The number of methoxy groups -OCH3 is 1. The van der Waals surface area contributed by atoms with Crippen LogP contribution in [-0.2, 0) is 0 Å². The van der Waals surface area contributed by atoms with Gasteiger partial charge in [-0.25, -0.2) is 9.37 Å². The molecule has 2 aromatic rings. The lowest BCUT2D eigenvalue weighted by atomic mass is 9.84. The summed E-state index contributed by atoms with van der Waals surface area (Å²) in [5.41, 5.74) is 0.852. The second-order valence-electron chi connectivity index (χ2n) is 7.80. The summed E-state index contributed by atoms with van der Waals surface area (Å²) in [7, 11) is 3.76. The Morgan fingerprint density at radius 1 is 1.26 bits per heavy atom. The average Bonchev–Trinajstić information content (AvgIpc) is 2.63. The molecule has 2 atom stereocenters. The summed E-state index contributed by atoms with van der Waals surface area (Å²) in [6.07, 6.45) is 3.05. The molecule has 27 heavy (non-hydrogen) atoms. The highest BCUT2D eigenvalue weighted by molar-refractivity contribution is 5.56. The Kier molecular flexibility index (Phi) is 5.51. The quantitative estimate of drug-likeness (QED) is 0.825. The zero-order valence-corrected chi connectivity index (χ0v) is 16.6. The molecule has 6 nitrogen and oxygen atoms in total. The molecular formula is C20H28FN5O. The van der Waals surface area contributed by atoms with Crippen LogP contribution in [-0.4, -0.2) is 46.6 Å². The van der Waals surface area contributed by atoms with Crippen LogP contribution in [0.25, 0.3) is 0 Å². The molecule has 146 valence electrons. The molecule has 1 aromatic carbocycles. The number of ether oxygens (including phenoxy) is 1. The van der Waals surface area contributed by atoms with Crippen molar-refractivity contribution in [3.8, 4) is 5.75 Å². The van der Waals surface area contributed by atoms with E-state index in [9.17, 15) is 4.39 Å². The van der Waals surface area contributed by atoms with Crippen molar-refractivity contribution in [3.05, 3.63) is 36.3 Å². The van der Waals surface area contributed by atoms with Crippen molar-refractivity contribution in [2.45, 2.75) is 51.2 Å². The van der Waals surface area contributed by atoms with E-state index in [1.165, 1.54) is 6.20 Å². The Balaban J connectivity index is 1.73. The number of halogens is 1. The number of piperidine rings is 1. The minimum Gasteiger partial charge on any atom is -0.497 e. The van der Waals surface area contributed by atoms with Crippen molar-refractivity contribution in [2.75, 3.05) is 24.8 Å². The average molecular weight is 373 g/mol. The Labute approximate surface area is 160 Å². The number of nitrogens with zero attached hydrogens (tertiary/aromatic N) is 3. The molecule has 3 rings (SSSR count). The van der Waals surface area contributed by atoms with Crippen molar-refractivity contribution in [2.24, 2.45) is 0 Å². The summed E-state index contributed by atoms with van der Waals surface area (Å²) >= 11 is 0. The first-order valence-electron chi connectivity index (χ1n) is 9.21. The van der Waals surface area contributed by atoms with Crippen molar-refractivity contribution >= 4 is 17.5 Å². The smallest absolute Gasteiger partial charge is 0.229 e. The van der Waals surface area contributed by atoms with E-state index in [1.54, 1.807) is 7.11 Å². The van der Waals surface area contributed by atoms with Crippen molar-refractivity contribution in [1.82, 2.24) is 14.9 Å². The first-order chi connectivity index (χ1) is 12.8. The maximum Gasteiger partial charge on any atom is 0.229 e. The van der Waals surface area contributed by atoms with Crippen LogP contribution in [0.1, 0.15) is 33.6 Å². The molecule has 7 heteroatoms. The van der Waals surface area contributed by atoms with E-state index < -0.39 is 5.82 Å². The summed E-state index contributed by atoms with van der Waals surface area (Å²) in [6.45, 7) is 6.62. The Bertz CT molecular complexity index is 780. The summed E-state index contributed by atoms with van der Waals surface area (Å²) in [6, 6.07) is 7.97. The predicted molar refractivity (Wildman–Crippen MR) is 106 cm³/mol. The van der Waals surface area contributed by atoms with E-state index in [-0.39, 0.29) is 17.4 Å². The minimum absolute atomic E-state index is 0.0447. The molecule has 0 amide bonds. The van der Waals surface area contributed by atoms with Gasteiger partial charge in [0.25, 0.3) is 0 Å². The van der Waals surface area contributed by atoms with Crippen molar-refractivity contribution < 1.29 is 9.13 Å². The number of likely N-dealkylation sites (tertiary alicyclic amines) is 1. The van der Waals surface area contributed by atoms with Gasteiger partial charge in [-0.3, -0.25) is 4.90 Å². The summed E-state index contributed by atoms with van der Waals surface area (Å²) in [5.74, 6) is 0.907. The molecule has 0 radical (unpaired) electrons. The zero-order chi connectivity index (χ0) is 19.6. The van der Waals surface area contributed by atoms with Gasteiger partial charge in [0.15, 0.2) is 11.6 Å². The van der Waals surface area contributed by atoms with Gasteiger partial charge >= 0.3 is 0 Å². The molecule has 2 unspecified atom stereocenters. The number of hydrogen-bond donors (Lipinski definition) is 2. The van der Waals surface area contributed by atoms with Gasteiger partial charge in [0.1, 0.15) is 5.75 Å². The van der Waals surface area contributed by atoms with Crippen LogP contribution in [0.4, 0.5) is 21.8 Å². The molecule has 0 aliphatic carbocycles. The van der Waals surface area contributed by atoms with Crippen LogP contribution in [0, 0.1) is 5.82 Å². The standard InChI is InChI=1S/C20H28FN5O/c1-13-10-15(11-20(2,3)26(13)4)23-18-17(21)12-22-19(25-18)24-14-6-8-16(27-5)9-7-14/h6-9,12-13,15H,10-11H2,1-5H3,(H2,22,23,24,25). The van der Waals surface area contributed by atoms with Crippen molar-refractivity contribution in [1.29, 1.82) is 0 Å². The fourth-order valence-corrected chi connectivity index (χ4v) is 3.63. The number of nitrogens with one attached hydrogen (secondary N) is 2. The van der Waals surface area contributed by atoms with Crippen LogP contribution in [0.5, 0.6) is 5.75 Å². The number of anilines is 3. The zero-order valence-electron chi connectivity index (χ0n) is 16.6. The third kappa shape index (κ3) is 4.47. The maximum absolute atomic E-state index is 14.3. The molecule has 1 fully saturated rings. The normalized spacial score (nSPS) is 22.3. The third-order valence-electron chi connectivity index (χ3n) is 5.42. The van der Waals surface area contributed by atoms with Crippen molar-refractivity contribution in [3.63, 3.8) is 0 Å². The molecule has 1 aliphatic heterocycles.